The minimum Gasteiger partial charge on any atom is -0.454 e. The molecule has 388 valence electrons. The van der Waals surface area contributed by atoms with Crippen LogP contribution in [0.1, 0.15) is 27.8 Å². The SMILES string of the molecule is Cc1cccc2c1oc1c(N(c3ccccc3)c3ccc4c5c(c6ccccc6c4c3)-c3c(cc(N(c4ccccc4)c4cccc6c4oc4c([Si](C)(C)C)cccc46)c4ccccc34)C53c4ccccc4-c4ccccc43)cccc12. The molecule has 4 nitrogen and oxygen atoms in total. The van der Waals surface area contributed by atoms with Gasteiger partial charge >= 0.3 is 0 Å². The molecule has 0 atom stereocenters. The molecule has 0 N–H and O–H groups in total. The molecule has 5 heteroatoms. The van der Waals surface area contributed by atoms with Gasteiger partial charge < -0.3 is 18.6 Å². The van der Waals surface area contributed by atoms with Crippen molar-refractivity contribution in [2.75, 3.05) is 9.80 Å². The predicted molar refractivity (Wildman–Crippen MR) is 347 cm³/mol. The minimum absolute atomic E-state index is 0.725. The molecular weight excluding hydrogens is 1010 g/mol. The lowest BCUT2D eigenvalue weighted by Crippen LogP contribution is -2.37. The molecule has 2 aliphatic rings. The number of fused-ring (bicyclic) bond motifs is 23. The van der Waals surface area contributed by atoms with Crippen LogP contribution in [0.3, 0.4) is 0 Å². The number of benzene rings is 13. The van der Waals surface area contributed by atoms with Crippen LogP contribution in [0, 0.1) is 6.92 Å². The number of rotatable bonds is 7. The lowest BCUT2D eigenvalue weighted by atomic mass is 9.69. The van der Waals surface area contributed by atoms with Gasteiger partial charge in [-0.25, -0.2) is 0 Å². The molecule has 2 aromatic heterocycles. The van der Waals surface area contributed by atoms with Gasteiger partial charge in [0.25, 0.3) is 0 Å². The summed E-state index contributed by atoms with van der Waals surface area (Å²) in [7, 11) is -1.80. The quantitative estimate of drug-likeness (QED) is 0.118. The number of anilines is 6. The first kappa shape index (κ1) is 46.9. The zero-order valence-corrected chi connectivity index (χ0v) is 47.0. The molecule has 82 heavy (non-hydrogen) atoms. The van der Waals surface area contributed by atoms with E-state index in [1.165, 1.54) is 76.6 Å². The Bertz CT molecular complexity index is 5140. The largest absolute Gasteiger partial charge is 0.454 e. The van der Waals surface area contributed by atoms with Gasteiger partial charge in [-0.2, -0.15) is 0 Å². The Kier molecular flexibility index (Phi) is 9.89. The van der Waals surface area contributed by atoms with Crippen LogP contribution in [0.4, 0.5) is 34.1 Å². The summed E-state index contributed by atoms with van der Waals surface area (Å²) in [4.78, 5) is 4.87. The summed E-state index contributed by atoms with van der Waals surface area (Å²) in [5.41, 5.74) is 20.6. The molecule has 0 unspecified atom stereocenters. The molecule has 0 saturated heterocycles. The normalized spacial score (nSPS) is 13.2. The molecule has 13 aromatic carbocycles. The van der Waals surface area contributed by atoms with Crippen LogP contribution in [0.5, 0.6) is 0 Å². The fourth-order valence-electron chi connectivity index (χ4n) is 14.7. The van der Waals surface area contributed by atoms with Crippen molar-refractivity contribution in [1.82, 2.24) is 0 Å². The molecule has 15 aromatic rings. The summed E-state index contributed by atoms with van der Waals surface area (Å²) in [6, 6.07) is 94.6. The third-order valence-corrected chi connectivity index (χ3v) is 20.0. The van der Waals surface area contributed by atoms with Gasteiger partial charge in [0.15, 0.2) is 11.2 Å². The molecule has 0 saturated carbocycles. The fraction of sp³-hybridized carbons (Fsp3) is 0.0649. The van der Waals surface area contributed by atoms with Crippen LogP contribution in [-0.2, 0) is 5.41 Å². The van der Waals surface area contributed by atoms with Crippen molar-refractivity contribution in [3.63, 3.8) is 0 Å². The minimum atomic E-state index is -1.80. The van der Waals surface area contributed by atoms with Crippen LogP contribution in [-0.4, -0.2) is 8.07 Å². The highest BCUT2D eigenvalue weighted by atomic mass is 28.3. The Morgan fingerprint density at radius 3 is 1.45 bits per heavy atom. The number of aryl methyl sites for hydroxylation is 1. The molecule has 17 rings (SSSR count). The summed E-state index contributed by atoms with van der Waals surface area (Å²) >= 11 is 0. The number of nitrogens with zero attached hydrogens (tertiary/aromatic N) is 2. The number of furan rings is 2. The van der Waals surface area contributed by atoms with E-state index in [4.69, 9.17) is 8.83 Å². The van der Waals surface area contributed by atoms with Gasteiger partial charge in [0.05, 0.1) is 30.6 Å². The topological polar surface area (TPSA) is 32.8 Å². The Hall–Kier alpha value is -9.94. The first-order chi connectivity index (χ1) is 40.3. The lowest BCUT2D eigenvalue weighted by molar-refractivity contribution is 0.666. The van der Waals surface area contributed by atoms with Crippen molar-refractivity contribution < 1.29 is 8.83 Å². The molecule has 0 bridgehead atoms. The first-order valence-electron chi connectivity index (χ1n) is 28.6. The zero-order valence-electron chi connectivity index (χ0n) is 46.0. The maximum absolute atomic E-state index is 7.31. The highest BCUT2D eigenvalue weighted by Gasteiger charge is 2.54. The fourth-order valence-corrected chi connectivity index (χ4v) is 16.1. The van der Waals surface area contributed by atoms with Crippen molar-refractivity contribution in [3.8, 4) is 22.3 Å². The van der Waals surface area contributed by atoms with Crippen molar-refractivity contribution in [1.29, 1.82) is 0 Å². The van der Waals surface area contributed by atoms with Gasteiger partial charge in [-0.15, -0.1) is 0 Å². The Morgan fingerprint density at radius 1 is 0.317 bits per heavy atom. The molecule has 2 heterocycles. The summed E-state index contributed by atoms with van der Waals surface area (Å²) in [5, 5.41) is 13.1. The van der Waals surface area contributed by atoms with Crippen LogP contribution in [0.15, 0.2) is 264 Å². The summed E-state index contributed by atoms with van der Waals surface area (Å²) < 4.78 is 14.3. The third kappa shape index (κ3) is 6.37. The van der Waals surface area contributed by atoms with E-state index in [0.717, 1.165) is 89.0 Å². The second kappa shape index (κ2) is 17.3. The highest BCUT2D eigenvalue weighted by molar-refractivity contribution is 6.90. The van der Waals surface area contributed by atoms with E-state index >= 15 is 0 Å². The third-order valence-electron chi connectivity index (χ3n) is 18.0. The van der Waals surface area contributed by atoms with Gasteiger partial charge in [0.1, 0.15) is 11.2 Å². The number of para-hydroxylation sites is 6. The molecular formula is C77H54N2O2Si. The van der Waals surface area contributed by atoms with Crippen molar-refractivity contribution in [2.45, 2.75) is 32.0 Å². The van der Waals surface area contributed by atoms with Gasteiger partial charge in [-0.05, 0) is 144 Å². The predicted octanol–water partition coefficient (Wildman–Crippen LogP) is 21.1. The maximum Gasteiger partial charge on any atom is 0.159 e. The number of hydrogen-bond donors (Lipinski definition) is 0. The van der Waals surface area contributed by atoms with Gasteiger partial charge in [-0.1, -0.05) is 220 Å². The second-order valence-corrected chi connectivity index (χ2v) is 28.5. The summed E-state index contributed by atoms with van der Waals surface area (Å²) in [5.74, 6) is 0. The van der Waals surface area contributed by atoms with Crippen molar-refractivity contribution >= 4 is 124 Å². The smallest absolute Gasteiger partial charge is 0.159 e. The van der Waals surface area contributed by atoms with E-state index < -0.39 is 13.5 Å². The average molecular weight is 1070 g/mol. The van der Waals surface area contributed by atoms with Crippen LogP contribution in [0.25, 0.3) is 98.4 Å². The lowest BCUT2D eigenvalue weighted by Gasteiger charge is -2.34. The average Bonchev–Trinajstić information content (AvgIpc) is 1.83. The van der Waals surface area contributed by atoms with Crippen LogP contribution in [0.2, 0.25) is 19.6 Å². The zero-order chi connectivity index (χ0) is 54.6. The standard InChI is InChI=1S/C77H54N2O2Si/c1-47-23-19-34-58-59-35-20-40-66(74(59)80-73(47)58)78(48-24-7-5-8-25-48)50-43-44-57-62(45-50)51-28-11-13-32-55(51)71-70-56-33-14-12-31-54(56)68(46-65(70)77(72(57)71)63-38-17-15-29-52(63)53-30-16-18-39-64(53)77)79(49-26-9-6-10-27-49)67-41-21-36-60-61-37-22-42-69(82(2,3)4)76(61)81-75(60)67/h5-46H,1-4H3. The Labute approximate surface area is 476 Å². The van der Waals surface area contributed by atoms with Crippen molar-refractivity contribution in [3.05, 3.63) is 283 Å². The number of hydrogen-bond acceptors (Lipinski definition) is 4. The van der Waals surface area contributed by atoms with E-state index in [1.54, 1.807) is 0 Å². The van der Waals surface area contributed by atoms with E-state index in [2.05, 4.69) is 291 Å². The van der Waals surface area contributed by atoms with E-state index in [1.807, 2.05) is 0 Å². The van der Waals surface area contributed by atoms with E-state index in [9.17, 15) is 0 Å². The van der Waals surface area contributed by atoms with Gasteiger partial charge in [0, 0.05) is 44.0 Å². The Morgan fingerprint density at radius 2 is 0.805 bits per heavy atom. The van der Waals surface area contributed by atoms with E-state index in [0.29, 0.717) is 0 Å². The molecule has 1 spiro atoms. The molecule has 0 radical (unpaired) electrons. The molecule has 0 aliphatic heterocycles. The van der Waals surface area contributed by atoms with Crippen LogP contribution < -0.4 is 15.0 Å². The second-order valence-electron chi connectivity index (χ2n) is 23.5. The first-order valence-corrected chi connectivity index (χ1v) is 32.1. The summed E-state index contributed by atoms with van der Waals surface area (Å²) in [6.07, 6.45) is 0. The van der Waals surface area contributed by atoms with Crippen LogP contribution >= 0.6 is 0 Å². The molecule has 0 amide bonds. The monoisotopic (exact) mass is 1070 g/mol. The molecule has 0 fully saturated rings. The summed E-state index contributed by atoms with van der Waals surface area (Å²) in [6.45, 7) is 9.36. The molecule has 2 aliphatic carbocycles. The van der Waals surface area contributed by atoms with Gasteiger partial charge in [-0.3, -0.25) is 0 Å². The maximum atomic E-state index is 7.31. The highest BCUT2D eigenvalue weighted by Crippen LogP contribution is 2.68. The van der Waals surface area contributed by atoms with Crippen molar-refractivity contribution in [2.24, 2.45) is 0 Å². The van der Waals surface area contributed by atoms with Gasteiger partial charge in [0.2, 0.25) is 0 Å². The Balaban J connectivity index is 0.993. The van der Waals surface area contributed by atoms with E-state index in [-0.39, 0.29) is 0 Å².